The number of thiophene rings is 1. The van der Waals surface area contributed by atoms with Crippen LogP contribution in [0.1, 0.15) is 54.8 Å². The van der Waals surface area contributed by atoms with Gasteiger partial charge < -0.3 is 20.5 Å². The first-order chi connectivity index (χ1) is 14.9. The van der Waals surface area contributed by atoms with Gasteiger partial charge in [0.25, 0.3) is 5.91 Å². The van der Waals surface area contributed by atoms with Crippen LogP contribution in [0, 0.1) is 6.92 Å². The summed E-state index contributed by atoms with van der Waals surface area (Å²) < 4.78 is 5.80. The Labute approximate surface area is 185 Å². The number of nitrogens with zero attached hydrogens (tertiary/aromatic N) is 3. The van der Waals surface area contributed by atoms with Crippen LogP contribution in [0.5, 0.6) is 5.88 Å². The van der Waals surface area contributed by atoms with Gasteiger partial charge in [-0.15, -0.1) is 11.3 Å². The SMILES string of the molecule is Cc1c(C(=O)N[C@H]2CC[C@H](O)CC2)sc2ncnc(Nc3cccnc3OC(C)C)c12. The number of amides is 1. The lowest BCUT2D eigenvalue weighted by Gasteiger charge is -2.26. The summed E-state index contributed by atoms with van der Waals surface area (Å²) >= 11 is 1.36. The van der Waals surface area contributed by atoms with Crippen molar-refractivity contribution in [3.05, 3.63) is 35.1 Å². The third-order valence-corrected chi connectivity index (χ3v) is 6.54. The fourth-order valence-corrected chi connectivity index (χ4v) is 4.84. The van der Waals surface area contributed by atoms with Crippen molar-refractivity contribution in [3.63, 3.8) is 0 Å². The molecule has 0 bridgehead atoms. The highest BCUT2D eigenvalue weighted by atomic mass is 32.1. The average Bonchev–Trinajstić information content (AvgIpc) is 3.08. The number of hydrogen-bond donors (Lipinski definition) is 3. The Kier molecular flexibility index (Phi) is 6.33. The lowest BCUT2D eigenvalue weighted by atomic mass is 9.93. The van der Waals surface area contributed by atoms with E-state index in [1.807, 2.05) is 32.9 Å². The van der Waals surface area contributed by atoms with Gasteiger partial charge in [-0.05, 0) is 64.2 Å². The number of hydrogen-bond acceptors (Lipinski definition) is 8. The van der Waals surface area contributed by atoms with Crippen molar-refractivity contribution in [2.75, 3.05) is 5.32 Å². The Morgan fingerprint density at radius 3 is 2.74 bits per heavy atom. The van der Waals surface area contributed by atoms with E-state index in [4.69, 9.17) is 4.74 Å². The fourth-order valence-electron chi connectivity index (χ4n) is 3.78. The Bertz CT molecular complexity index is 1080. The van der Waals surface area contributed by atoms with Crippen LogP contribution in [0.25, 0.3) is 10.2 Å². The smallest absolute Gasteiger partial charge is 0.261 e. The van der Waals surface area contributed by atoms with Gasteiger partial charge in [-0.25, -0.2) is 15.0 Å². The number of fused-ring (bicyclic) bond motifs is 1. The molecular formula is C22H27N5O3S. The van der Waals surface area contributed by atoms with Crippen molar-refractivity contribution in [3.8, 4) is 5.88 Å². The molecule has 164 valence electrons. The molecular weight excluding hydrogens is 414 g/mol. The maximum Gasteiger partial charge on any atom is 0.261 e. The number of carbonyl (C=O) groups is 1. The van der Waals surface area contributed by atoms with Crippen molar-refractivity contribution in [2.24, 2.45) is 0 Å². The second-order valence-electron chi connectivity index (χ2n) is 8.09. The van der Waals surface area contributed by atoms with Crippen molar-refractivity contribution >= 4 is 39.0 Å². The standard InChI is InChI=1S/C22H27N5O3S/c1-12(2)30-21-16(5-4-10-23-21)27-19-17-13(3)18(31-22(17)25-11-24-19)20(29)26-14-6-8-15(28)9-7-14/h4-5,10-12,14-15,28H,6-9H2,1-3H3,(H,26,29)(H,24,25,27)/t14-,15-. The molecule has 0 spiro atoms. The Balaban J connectivity index is 1.61. The Morgan fingerprint density at radius 1 is 1.23 bits per heavy atom. The van der Waals surface area contributed by atoms with E-state index in [1.54, 1.807) is 6.20 Å². The Hall–Kier alpha value is -2.78. The van der Waals surface area contributed by atoms with Gasteiger partial charge in [-0.3, -0.25) is 4.79 Å². The predicted octanol–water partition coefficient (Wildman–Crippen LogP) is 3.96. The first-order valence-electron chi connectivity index (χ1n) is 10.5. The summed E-state index contributed by atoms with van der Waals surface area (Å²) in [6.45, 7) is 5.81. The summed E-state index contributed by atoms with van der Waals surface area (Å²) in [5.74, 6) is 1.01. The van der Waals surface area contributed by atoms with Crippen LogP contribution in [0.2, 0.25) is 0 Å². The number of ether oxygens (including phenoxy) is 1. The van der Waals surface area contributed by atoms with Gasteiger partial charge in [0, 0.05) is 12.2 Å². The quantitative estimate of drug-likeness (QED) is 0.531. The highest BCUT2D eigenvalue weighted by Crippen LogP contribution is 2.36. The van der Waals surface area contributed by atoms with Crippen LogP contribution >= 0.6 is 11.3 Å². The fraction of sp³-hybridized carbons (Fsp3) is 0.455. The van der Waals surface area contributed by atoms with E-state index in [-0.39, 0.29) is 24.2 Å². The maximum atomic E-state index is 13.0. The first kappa shape index (κ1) is 21.5. The number of aliphatic hydroxyl groups excluding tert-OH is 1. The van der Waals surface area contributed by atoms with E-state index in [1.165, 1.54) is 17.7 Å². The van der Waals surface area contributed by atoms with Crippen LogP contribution in [0.4, 0.5) is 11.5 Å². The van der Waals surface area contributed by atoms with E-state index in [0.29, 0.717) is 22.3 Å². The van der Waals surface area contributed by atoms with Crippen LogP contribution in [0.15, 0.2) is 24.7 Å². The summed E-state index contributed by atoms with van der Waals surface area (Å²) in [5.41, 5.74) is 1.54. The molecule has 1 aliphatic rings. The lowest BCUT2D eigenvalue weighted by molar-refractivity contribution is 0.0871. The van der Waals surface area contributed by atoms with E-state index in [0.717, 1.165) is 41.5 Å². The molecule has 0 aliphatic heterocycles. The zero-order chi connectivity index (χ0) is 22.0. The number of rotatable bonds is 6. The molecule has 3 N–H and O–H groups in total. The van der Waals surface area contributed by atoms with Crippen molar-refractivity contribution < 1.29 is 14.6 Å². The molecule has 1 fully saturated rings. The van der Waals surface area contributed by atoms with E-state index in [9.17, 15) is 9.90 Å². The van der Waals surface area contributed by atoms with E-state index >= 15 is 0 Å². The Morgan fingerprint density at radius 2 is 2.00 bits per heavy atom. The third-order valence-electron chi connectivity index (χ3n) is 5.34. The monoisotopic (exact) mass is 441 g/mol. The summed E-state index contributed by atoms with van der Waals surface area (Å²) in [5, 5.41) is 16.9. The molecule has 0 unspecified atom stereocenters. The normalized spacial score (nSPS) is 18.9. The summed E-state index contributed by atoms with van der Waals surface area (Å²) in [4.78, 5) is 27.5. The minimum Gasteiger partial charge on any atom is -0.473 e. The van der Waals surface area contributed by atoms with Crippen molar-refractivity contribution in [1.82, 2.24) is 20.3 Å². The highest BCUT2D eigenvalue weighted by Gasteiger charge is 2.25. The third kappa shape index (κ3) is 4.77. The molecule has 0 saturated heterocycles. The molecule has 31 heavy (non-hydrogen) atoms. The second kappa shape index (κ2) is 9.15. The minimum atomic E-state index is -0.250. The van der Waals surface area contributed by atoms with Gasteiger partial charge in [-0.2, -0.15) is 0 Å². The molecule has 0 atom stereocenters. The molecule has 3 heterocycles. The maximum absolute atomic E-state index is 13.0. The molecule has 0 radical (unpaired) electrons. The molecule has 9 heteroatoms. The number of carbonyl (C=O) groups excluding carboxylic acids is 1. The predicted molar refractivity (Wildman–Crippen MR) is 121 cm³/mol. The van der Waals surface area contributed by atoms with E-state index in [2.05, 4.69) is 25.6 Å². The first-order valence-corrected chi connectivity index (χ1v) is 11.4. The summed E-state index contributed by atoms with van der Waals surface area (Å²) in [6, 6.07) is 3.80. The average molecular weight is 442 g/mol. The zero-order valence-corrected chi connectivity index (χ0v) is 18.7. The lowest BCUT2D eigenvalue weighted by Crippen LogP contribution is -2.38. The number of aryl methyl sites for hydroxylation is 1. The molecule has 3 aromatic rings. The summed E-state index contributed by atoms with van der Waals surface area (Å²) in [6.07, 6.45) is 5.95. The largest absolute Gasteiger partial charge is 0.473 e. The number of nitrogens with one attached hydrogen (secondary N) is 2. The zero-order valence-electron chi connectivity index (χ0n) is 17.9. The molecule has 3 aromatic heterocycles. The molecule has 0 aromatic carbocycles. The van der Waals surface area contributed by atoms with Crippen molar-refractivity contribution in [2.45, 2.75) is 64.7 Å². The van der Waals surface area contributed by atoms with Crippen LogP contribution < -0.4 is 15.4 Å². The van der Waals surface area contributed by atoms with E-state index < -0.39 is 0 Å². The molecule has 1 saturated carbocycles. The van der Waals surface area contributed by atoms with Gasteiger partial charge in [0.05, 0.1) is 22.5 Å². The van der Waals surface area contributed by atoms with Crippen molar-refractivity contribution in [1.29, 1.82) is 0 Å². The van der Waals surface area contributed by atoms with Crippen LogP contribution in [0.3, 0.4) is 0 Å². The topological polar surface area (TPSA) is 109 Å². The number of anilines is 2. The number of pyridine rings is 1. The van der Waals surface area contributed by atoms with Gasteiger partial charge in [0.2, 0.25) is 5.88 Å². The second-order valence-corrected chi connectivity index (χ2v) is 9.08. The number of aromatic nitrogens is 3. The molecule has 8 nitrogen and oxygen atoms in total. The van der Waals surface area contributed by atoms with Crippen LogP contribution in [-0.2, 0) is 0 Å². The van der Waals surface area contributed by atoms with Gasteiger partial charge >= 0.3 is 0 Å². The highest BCUT2D eigenvalue weighted by molar-refractivity contribution is 7.20. The van der Waals surface area contributed by atoms with Gasteiger partial charge in [0.1, 0.15) is 22.7 Å². The molecule has 4 rings (SSSR count). The van der Waals surface area contributed by atoms with Gasteiger partial charge in [-0.1, -0.05) is 0 Å². The summed E-state index contributed by atoms with van der Waals surface area (Å²) in [7, 11) is 0. The minimum absolute atomic E-state index is 0.0139. The van der Waals surface area contributed by atoms with Crippen LogP contribution in [-0.4, -0.2) is 44.2 Å². The number of aliphatic hydroxyl groups is 1. The molecule has 1 aliphatic carbocycles. The molecule has 1 amide bonds. The van der Waals surface area contributed by atoms with Gasteiger partial charge in [0.15, 0.2) is 0 Å².